The molecule has 20 heavy (non-hydrogen) atoms. The number of nitrogens with one attached hydrogen (secondary N) is 1. The number of carbonyl (C=O) groups excluding carboxylic acids is 1. The molecule has 1 aromatic heterocycles. The lowest BCUT2D eigenvalue weighted by atomic mass is 10.2. The molecule has 0 saturated heterocycles. The zero-order valence-electron chi connectivity index (χ0n) is 11.5. The first-order valence-electron chi connectivity index (χ1n) is 6.33. The number of amides is 1. The lowest BCUT2D eigenvalue weighted by molar-refractivity contribution is -0.116. The minimum absolute atomic E-state index is 0.0569. The summed E-state index contributed by atoms with van der Waals surface area (Å²) in [7, 11) is -0.935. The van der Waals surface area contributed by atoms with Crippen LogP contribution in [0.5, 0.6) is 0 Å². The lowest BCUT2D eigenvalue weighted by Crippen LogP contribution is -2.31. The molecule has 1 N–H and O–H groups in total. The van der Waals surface area contributed by atoms with Gasteiger partial charge in [-0.1, -0.05) is 18.2 Å². The Hall–Kier alpha value is -1.88. The lowest BCUT2D eigenvalue weighted by Gasteiger charge is -2.07. The minimum Gasteiger partial charge on any atom is -0.457 e. The van der Waals surface area contributed by atoms with Gasteiger partial charge in [-0.2, -0.15) is 0 Å². The fraction of sp³-hybridized carbons (Fsp3) is 0.267. The summed E-state index contributed by atoms with van der Waals surface area (Å²) in [6.07, 6.45) is 4.67. The predicted molar refractivity (Wildman–Crippen MR) is 81.8 cm³/mol. The number of fused-ring (bicyclic) bond motifs is 1. The fourth-order valence-corrected chi connectivity index (χ4v) is 1.98. The van der Waals surface area contributed by atoms with Gasteiger partial charge in [-0.3, -0.25) is 9.00 Å². The Morgan fingerprint density at radius 1 is 1.45 bits per heavy atom. The van der Waals surface area contributed by atoms with Gasteiger partial charge in [0.15, 0.2) is 0 Å². The van der Waals surface area contributed by atoms with Crippen molar-refractivity contribution in [1.29, 1.82) is 0 Å². The number of benzene rings is 1. The van der Waals surface area contributed by atoms with Crippen LogP contribution in [0.3, 0.4) is 0 Å². The Kier molecular flexibility index (Phi) is 4.74. The van der Waals surface area contributed by atoms with Crippen molar-refractivity contribution in [1.82, 2.24) is 5.32 Å². The molecular formula is C15H17NO3S. The largest absolute Gasteiger partial charge is 0.457 e. The van der Waals surface area contributed by atoms with Crippen LogP contribution in [0.2, 0.25) is 0 Å². The van der Waals surface area contributed by atoms with Crippen LogP contribution in [0.15, 0.2) is 40.8 Å². The summed E-state index contributed by atoms with van der Waals surface area (Å²) < 4.78 is 16.7. The Morgan fingerprint density at radius 2 is 2.20 bits per heavy atom. The van der Waals surface area contributed by atoms with Crippen LogP contribution in [0.4, 0.5) is 0 Å². The van der Waals surface area contributed by atoms with Gasteiger partial charge in [-0.05, 0) is 25.1 Å². The van der Waals surface area contributed by atoms with Gasteiger partial charge >= 0.3 is 0 Å². The molecule has 106 valence electrons. The van der Waals surface area contributed by atoms with Crippen molar-refractivity contribution in [3.8, 4) is 0 Å². The van der Waals surface area contributed by atoms with E-state index in [1.54, 1.807) is 12.3 Å². The second-order valence-electron chi connectivity index (χ2n) is 4.57. The second kappa shape index (κ2) is 6.52. The average Bonchev–Trinajstić information content (AvgIpc) is 2.85. The number of carbonyl (C=O) groups is 1. The molecule has 0 aliphatic heterocycles. The summed E-state index contributed by atoms with van der Waals surface area (Å²) in [4.78, 5) is 11.6. The Bertz CT molecular complexity index is 627. The van der Waals surface area contributed by atoms with E-state index in [-0.39, 0.29) is 11.2 Å². The quantitative estimate of drug-likeness (QED) is 0.860. The SMILES string of the molecule is CC(CNC(=O)C=Cc1cc2ccccc2o1)S(C)=O. The number of para-hydroxylation sites is 1. The molecule has 0 aliphatic carbocycles. The maximum absolute atomic E-state index is 11.6. The van der Waals surface area contributed by atoms with Crippen molar-refractivity contribution in [3.63, 3.8) is 0 Å². The van der Waals surface area contributed by atoms with Gasteiger partial charge in [0.1, 0.15) is 11.3 Å². The Morgan fingerprint density at radius 3 is 2.90 bits per heavy atom. The Balaban J connectivity index is 1.95. The highest BCUT2D eigenvalue weighted by Crippen LogP contribution is 2.19. The van der Waals surface area contributed by atoms with Gasteiger partial charge < -0.3 is 9.73 Å². The van der Waals surface area contributed by atoms with Gasteiger partial charge in [0, 0.05) is 40.3 Å². The van der Waals surface area contributed by atoms with E-state index in [4.69, 9.17) is 4.42 Å². The molecule has 0 radical (unpaired) electrons. The Labute approximate surface area is 120 Å². The highest BCUT2D eigenvalue weighted by atomic mass is 32.2. The predicted octanol–water partition coefficient (Wildman–Crippen LogP) is 2.33. The third kappa shape index (κ3) is 3.81. The third-order valence-corrected chi connectivity index (χ3v) is 4.27. The molecular weight excluding hydrogens is 274 g/mol. The van der Waals surface area contributed by atoms with Crippen molar-refractivity contribution >= 4 is 33.8 Å². The maximum Gasteiger partial charge on any atom is 0.244 e. The topological polar surface area (TPSA) is 59.3 Å². The van der Waals surface area contributed by atoms with Crippen molar-refractivity contribution in [3.05, 3.63) is 42.2 Å². The highest BCUT2D eigenvalue weighted by molar-refractivity contribution is 7.84. The zero-order chi connectivity index (χ0) is 14.5. The van der Waals surface area contributed by atoms with E-state index in [0.29, 0.717) is 12.3 Å². The van der Waals surface area contributed by atoms with E-state index in [0.717, 1.165) is 11.0 Å². The molecule has 0 fully saturated rings. The number of furan rings is 1. The van der Waals surface area contributed by atoms with Gasteiger partial charge in [0.05, 0.1) is 0 Å². The van der Waals surface area contributed by atoms with Gasteiger partial charge in [-0.25, -0.2) is 0 Å². The van der Waals surface area contributed by atoms with E-state index >= 15 is 0 Å². The number of rotatable bonds is 5. The van der Waals surface area contributed by atoms with Gasteiger partial charge in [-0.15, -0.1) is 0 Å². The second-order valence-corrected chi connectivity index (χ2v) is 6.38. The molecule has 0 aliphatic rings. The monoisotopic (exact) mass is 291 g/mol. The summed E-state index contributed by atoms with van der Waals surface area (Å²) >= 11 is 0. The summed E-state index contributed by atoms with van der Waals surface area (Å²) in [5, 5.41) is 3.65. The van der Waals surface area contributed by atoms with E-state index in [9.17, 15) is 9.00 Å². The summed E-state index contributed by atoms with van der Waals surface area (Å²) in [5.74, 6) is 0.413. The first kappa shape index (κ1) is 14.5. The standard InChI is InChI=1S/C15H17NO3S/c1-11(20(2)18)10-16-15(17)8-7-13-9-12-5-3-4-6-14(12)19-13/h3-9,11H,10H2,1-2H3,(H,16,17). The van der Waals surface area contributed by atoms with E-state index in [2.05, 4.69) is 5.32 Å². The molecule has 4 nitrogen and oxygen atoms in total. The first-order chi connectivity index (χ1) is 9.56. The van der Waals surface area contributed by atoms with Crippen molar-refractivity contribution in [2.24, 2.45) is 0 Å². The maximum atomic E-state index is 11.6. The molecule has 1 heterocycles. The van der Waals surface area contributed by atoms with E-state index in [1.807, 2.05) is 37.3 Å². The molecule has 1 aromatic carbocycles. The normalized spacial score (nSPS) is 14.5. The van der Waals surface area contributed by atoms with E-state index in [1.165, 1.54) is 6.08 Å². The van der Waals surface area contributed by atoms with Crippen LogP contribution >= 0.6 is 0 Å². The average molecular weight is 291 g/mol. The molecule has 2 aromatic rings. The van der Waals surface area contributed by atoms with Gasteiger partial charge in [0.25, 0.3) is 0 Å². The van der Waals surface area contributed by atoms with E-state index < -0.39 is 10.8 Å². The van der Waals surface area contributed by atoms with Crippen molar-refractivity contribution in [2.45, 2.75) is 12.2 Å². The number of hydrogen-bond donors (Lipinski definition) is 1. The molecule has 2 rings (SSSR count). The van der Waals surface area contributed by atoms with Crippen LogP contribution in [-0.4, -0.2) is 28.2 Å². The van der Waals surface area contributed by atoms with Crippen LogP contribution in [0.25, 0.3) is 17.0 Å². The molecule has 1 amide bonds. The smallest absolute Gasteiger partial charge is 0.244 e. The van der Waals surface area contributed by atoms with Crippen LogP contribution in [0.1, 0.15) is 12.7 Å². The van der Waals surface area contributed by atoms with Gasteiger partial charge in [0.2, 0.25) is 5.91 Å². The minimum atomic E-state index is -0.935. The highest BCUT2D eigenvalue weighted by Gasteiger charge is 2.07. The molecule has 0 spiro atoms. The summed E-state index contributed by atoms with van der Waals surface area (Å²) in [6, 6.07) is 9.55. The fourth-order valence-electron chi connectivity index (χ4n) is 1.66. The number of hydrogen-bond acceptors (Lipinski definition) is 3. The molecule has 2 atom stereocenters. The molecule has 0 saturated carbocycles. The summed E-state index contributed by atoms with van der Waals surface area (Å²) in [5.41, 5.74) is 0.794. The summed E-state index contributed by atoms with van der Waals surface area (Å²) in [6.45, 7) is 2.23. The van der Waals surface area contributed by atoms with Crippen LogP contribution in [0, 0.1) is 0 Å². The van der Waals surface area contributed by atoms with Crippen molar-refractivity contribution in [2.75, 3.05) is 12.8 Å². The zero-order valence-corrected chi connectivity index (χ0v) is 12.3. The first-order valence-corrected chi connectivity index (χ1v) is 7.95. The molecule has 0 bridgehead atoms. The molecule has 2 unspecified atom stereocenters. The van der Waals surface area contributed by atoms with Crippen LogP contribution in [-0.2, 0) is 15.6 Å². The third-order valence-electron chi connectivity index (χ3n) is 2.97. The van der Waals surface area contributed by atoms with Crippen LogP contribution < -0.4 is 5.32 Å². The molecule has 5 heteroatoms. The van der Waals surface area contributed by atoms with Crippen molar-refractivity contribution < 1.29 is 13.4 Å².